The second-order valence-corrected chi connectivity index (χ2v) is 8.80. The van der Waals surface area contributed by atoms with Crippen LogP contribution in [0.4, 0.5) is 11.4 Å². The van der Waals surface area contributed by atoms with Gasteiger partial charge >= 0.3 is 0 Å². The van der Waals surface area contributed by atoms with Gasteiger partial charge < -0.3 is 19.5 Å². The molecule has 0 aliphatic carbocycles. The molecular weight excluding hydrogens is 428 g/mol. The normalized spacial score (nSPS) is 10.4. The van der Waals surface area contributed by atoms with Gasteiger partial charge in [0.2, 0.25) is 5.91 Å². The first-order chi connectivity index (χ1) is 15.1. The van der Waals surface area contributed by atoms with Crippen LogP contribution in [0.15, 0.2) is 76.5 Å². The van der Waals surface area contributed by atoms with Crippen molar-refractivity contribution in [3.8, 4) is 11.5 Å². The van der Waals surface area contributed by atoms with Gasteiger partial charge in [-0.15, -0.1) is 11.8 Å². The molecule has 0 aromatic heterocycles. The first-order valence-electron chi connectivity index (χ1n) is 9.81. The molecule has 3 rings (SSSR count). The minimum absolute atomic E-state index is 0.0149. The van der Waals surface area contributed by atoms with E-state index < -0.39 is 0 Å². The highest BCUT2D eigenvalue weighted by Gasteiger charge is 2.07. The van der Waals surface area contributed by atoms with Crippen LogP contribution in [0.2, 0.25) is 0 Å². The van der Waals surface area contributed by atoms with Crippen LogP contribution in [-0.2, 0) is 4.79 Å². The van der Waals surface area contributed by atoms with Crippen molar-refractivity contribution >= 4 is 41.0 Å². The number of thioether (sulfide) groups is 1. The van der Waals surface area contributed by atoms with Gasteiger partial charge in [-0.3, -0.25) is 4.79 Å². The van der Waals surface area contributed by atoms with E-state index in [1.165, 1.54) is 22.4 Å². The monoisotopic (exact) mass is 454 g/mol. The summed E-state index contributed by atoms with van der Waals surface area (Å²) in [6.45, 7) is 2.07. The molecule has 0 heterocycles. The Morgan fingerprint density at radius 1 is 0.903 bits per heavy atom. The zero-order chi connectivity index (χ0) is 22.1. The fourth-order valence-corrected chi connectivity index (χ4v) is 4.24. The molecule has 0 saturated heterocycles. The van der Waals surface area contributed by atoms with E-state index in [9.17, 15) is 4.79 Å². The third-order valence-corrected chi connectivity index (χ3v) is 6.29. The lowest BCUT2D eigenvalue weighted by atomic mass is 10.2. The van der Waals surface area contributed by atoms with E-state index in [2.05, 4.69) is 41.2 Å². The number of amides is 1. The van der Waals surface area contributed by atoms with Gasteiger partial charge in [0.05, 0.1) is 19.9 Å². The molecule has 0 bridgehead atoms. The molecule has 3 aromatic rings. The van der Waals surface area contributed by atoms with E-state index in [-0.39, 0.29) is 5.91 Å². The zero-order valence-electron chi connectivity index (χ0n) is 17.8. The van der Waals surface area contributed by atoms with Gasteiger partial charge in [0.25, 0.3) is 0 Å². The Morgan fingerprint density at radius 3 is 2.29 bits per heavy atom. The van der Waals surface area contributed by atoms with Crippen LogP contribution in [0.25, 0.3) is 0 Å². The lowest BCUT2D eigenvalue weighted by Crippen LogP contribution is -2.12. The molecule has 2 N–H and O–H groups in total. The van der Waals surface area contributed by atoms with E-state index in [0.717, 1.165) is 27.8 Å². The van der Waals surface area contributed by atoms with Crippen LogP contribution in [0.3, 0.4) is 0 Å². The lowest BCUT2D eigenvalue weighted by Gasteiger charge is -2.12. The first-order valence-corrected chi connectivity index (χ1v) is 11.6. The summed E-state index contributed by atoms with van der Waals surface area (Å²) < 4.78 is 13.9. The molecule has 0 aliphatic heterocycles. The average molecular weight is 455 g/mol. The number of hydrogen-bond acceptors (Lipinski definition) is 6. The fraction of sp³-hybridized carbons (Fsp3) is 0.208. The van der Waals surface area contributed by atoms with Crippen molar-refractivity contribution in [3.63, 3.8) is 0 Å². The summed E-state index contributed by atoms with van der Waals surface area (Å²) in [5.41, 5.74) is 2.88. The third kappa shape index (κ3) is 7.15. The number of carbonyl (C=O) groups is 1. The highest BCUT2D eigenvalue weighted by atomic mass is 32.2. The number of nitrogens with one attached hydrogen (secondary N) is 2. The lowest BCUT2D eigenvalue weighted by molar-refractivity contribution is -0.115. The van der Waals surface area contributed by atoms with Crippen LogP contribution in [-0.4, -0.2) is 25.9 Å². The van der Waals surface area contributed by atoms with Crippen molar-refractivity contribution in [2.24, 2.45) is 0 Å². The number of hydrogen-bond donors (Lipinski definition) is 2. The van der Waals surface area contributed by atoms with Crippen molar-refractivity contribution in [1.82, 2.24) is 0 Å². The predicted octanol–water partition coefficient (Wildman–Crippen LogP) is 6.25. The van der Waals surface area contributed by atoms with Crippen molar-refractivity contribution in [2.75, 3.05) is 30.0 Å². The maximum atomic E-state index is 12.2. The Hall–Kier alpha value is -2.77. The molecule has 0 saturated carbocycles. The van der Waals surface area contributed by atoms with E-state index in [1.54, 1.807) is 26.0 Å². The van der Waals surface area contributed by atoms with Gasteiger partial charge in [-0.05, 0) is 67.4 Å². The minimum Gasteiger partial charge on any atom is -0.497 e. The standard InChI is InChI=1S/C24H26N2O3S2/c1-17-4-9-20(10-5-17)30-15-14-24(27)25-18-6-11-21(12-7-18)31-26-22-13-8-19(28-2)16-23(22)29-3/h4-13,16,26H,14-15H2,1-3H3,(H,25,27). The topological polar surface area (TPSA) is 59.6 Å². The summed E-state index contributed by atoms with van der Waals surface area (Å²) in [6, 6.07) is 21.7. The molecule has 31 heavy (non-hydrogen) atoms. The SMILES string of the molecule is COc1ccc(NSc2ccc(NC(=O)CCSc3ccc(C)cc3)cc2)c(OC)c1. The summed E-state index contributed by atoms with van der Waals surface area (Å²) >= 11 is 3.16. The highest BCUT2D eigenvalue weighted by molar-refractivity contribution is 8.00. The molecule has 0 radical (unpaired) electrons. The first kappa shape index (κ1) is 22.9. The summed E-state index contributed by atoms with van der Waals surface area (Å²) in [7, 11) is 3.25. The molecule has 0 unspecified atom stereocenters. The Bertz CT molecular complexity index is 993. The maximum Gasteiger partial charge on any atom is 0.225 e. The van der Waals surface area contributed by atoms with Crippen LogP contribution in [0.1, 0.15) is 12.0 Å². The van der Waals surface area contributed by atoms with Crippen molar-refractivity contribution < 1.29 is 14.3 Å². The number of benzene rings is 3. The van der Waals surface area contributed by atoms with E-state index in [0.29, 0.717) is 12.2 Å². The predicted molar refractivity (Wildman–Crippen MR) is 131 cm³/mol. The van der Waals surface area contributed by atoms with Gasteiger partial charge in [-0.1, -0.05) is 17.7 Å². The number of carbonyl (C=O) groups excluding carboxylic acids is 1. The minimum atomic E-state index is 0.0149. The molecule has 1 amide bonds. The summed E-state index contributed by atoms with van der Waals surface area (Å²) in [4.78, 5) is 14.4. The van der Waals surface area contributed by atoms with Gasteiger partial charge in [0.1, 0.15) is 11.5 Å². The van der Waals surface area contributed by atoms with Gasteiger partial charge in [-0.2, -0.15) is 0 Å². The van der Waals surface area contributed by atoms with E-state index >= 15 is 0 Å². The van der Waals surface area contributed by atoms with Crippen molar-refractivity contribution in [3.05, 3.63) is 72.3 Å². The number of anilines is 2. The second-order valence-electron chi connectivity index (χ2n) is 6.75. The third-order valence-electron chi connectivity index (χ3n) is 4.44. The van der Waals surface area contributed by atoms with E-state index in [4.69, 9.17) is 9.47 Å². The maximum absolute atomic E-state index is 12.2. The van der Waals surface area contributed by atoms with Gasteiger partial charge in [-0.25, -0.2) is 0 Å². The Labute approximate surface area is 192 Å². The quantitative estimate of drug-likeness (QED) is 0.279. The molecule has 3 aromatic carbocycles. The Balaban J connectivity index is 1.45. The number of rotatable bonds is 10. The largest absolute Gasteiger partial charge is 0.497 e. The fourth-order valence-electron chi connectivity index (χ4n) is 2.72. The number of aryl methyl sites for hydroxylation is 1. The molecule has 0 aliphatic rings. The second kappa shape index (κ2) is 11.6. The average Bonchev–Trinajstić information content (AvgIpc) is 2.80. The van der Waals surface area contributed by atoms with Crippen molar-refractivity contribution in [2.45, 2.75) is 23.1 Å². The Kier molecular flexibility index (Phi) is 8.55. The van der Waals surface area contributed by atoms with E-state index in [1.807, 2.05) is 42.5 Å². The number of ether oxygens (including phenoxy) is 2. The molecule has 162 valence electrons. The van der Waals surface area contributed by atoms with Crippen LogP contribution in [0.5, 0.6) is 11.5 Å². The zero-order valence-corrected chi connectivity index (χ0v) is 19.4. The molecule has 0 fully saturated rings. The van der Waals surface area contributed by atoms with Crippen molar-refractivity contribution in [1.29, 1.82) is 0 Å². The van der Waals surface area contributed by atoms with Gasteiger partial charge in [0.15, 0.2) is 0 Å². The Morgan fingerprint density at radius 2 is 1.61 bits per heavy atom. The molecule has 0 atom stereocenters. The molecule has 7 heteroatoms. The van der Waals surface area contributed by atoms with Crippen LogP contribution in [0, 0.1) is 6.92 Å². The number of methoxy groups -OCH3 is 2. The molecular formula is C24H26N2O3S2. The summed E-state index contributed by atoms with van der Waals surface area (Å²) in [5, 5.41) is 2.95. The molecule has 0 spiro atoms. The van der Waals surface area contributed by atoms with Gasteiger partial charge in [0, 0.05) is 33.7 Å². The molecule has 5 nitrogen and oxygen atoms in total. The summed E-state index contributed by atoms with van der Waals surface area (Å²) in [5.74, 6) is 2.21. The summed E-state index contributed by atoms with van der Waals surface area (Å²) in [6.07, 6.45) is 0.466. The highest BCUT2D eigenvalue weighted by Crippen LogP contribution is 2.32. The van der Waals surface area contributed by atoms with Crippen LogP contribution >= 0.6 is 23.7 Å². The van der Waals surface area contributed by atoms with Crippen LogP contribution < -0.4 is 19.5 Å². The smallest absolute Gasteiger partial charge is 0.225 e.